The van der Waals surface area contributed by atoms with Crippen molar-refractivity contribution in [3.63, 3.8) is 0 Å². The maximum atomic E-state index is 11.5. The maximum absolute atomic E-state index is 11.5. The Kier molecular flexibility index (Phi) is 4.40. The number of carbonyl (C=O) groups is 1. The van der Waals surface area contributed by atoms with E-state index < -0.39 is 11.5 Å². The largest absolute Gasteiger partial charge is 0.480 e. The molecule has 98 valence electrons. The fourth-order valence-corrected chi connectivity index (χ4v) is 2.95. The van der Waals surface area contributed by atoms with Gasteiger partial charge >= 0.3 is 5.97 Å². The van der Waals surface area contributed by atoms with Crippen LogP contribution in [-0.4, -0.2) is 35.9 Å². The van der Waals surface area contributed by atoms with E-state index >= 15 is 0 Å². The minimum atomic E-state index is -0.729. The van der Waals surface area contributed by atoms with E-state index in [1.807, 2.05) is 0 Å². The number of hydrogen-bond acceptors (Lipinski definition) is 3. The lowest BCUT2D eigenvalue weighted by Gasteiger charge is -2.37. The molecule has 2 rings (SSSR count). The number of rotatable bonds is 3. The maximum Gasteiger partial charge on any atom is 0.324 e. The molecule has 0 unspecified atom stereocenters. The lowest BCUT2D eigenvalue weighted by Crippen LogP contribution is -2.58. The normalized spacial score (nSPS) is 26.4. The quantitative estimate of drug-likeness (QED) is 0.741. The van der Waals surface area contributed by atoms with E-state index in [2.05, 4.69) is 5.32 Å². The van der Waals surface area contributed by atoms with Gasteiger partial charge in [0.2, 0.25) is 0 Å². The van der Waals surface area contributed by atoms with Crippen molar-refractivity contribution in [2.75, 3.05) is 13.2 Å². The average molecular weight is 241 g/mol. The van der Waals surface area contributed by atoms with E-state index in [0.717, 1.165) is 12.8 Å². The lowest BCUT2D eigenvalue weighted by atomic mass is 9.88. The SMILES string of the molecule is O=C(O)C1(NC2CCCCCC2)CCOCC1. The molecule has 1 saturated carbocycles. The number of hydrogen-bond donors (Lipinski definition) is 2. The fraction of sp³-hybridized carbons (Fsp3) is 0.923. The Labute approximate surface area is 103 Å². The molecule has 0 atom stereocenters. The standard InChI is InChI=1S/C13H23NO3/c15-12(16)13(7-9-17-10-8-13)14-11-5-3-1-2-4-6-11/h11,14H,1-10H2,(H,15,16). The number of ether oxygens (including phenoxy) is 1. The number of carboxylic acids is 1. The van der Waals surface area contributed by atoms with Crippen LogP contribution in [0.1, 0.15) is 51.4 Å². The second-order valence-corrected chi connectivity index (χ2v) is 5.33. The van der Waals surface area contributed by atoms with Crippen molar-refractivity contribution in [1.29, 1.82) is 0 Å². The van der Waals surface area contributed by atoms with Gasteiger partial charge in [0.05, 0.1) is 0 Å². The second-order valence-electron chi connectivity index (χ2n) is 5.33. The molecule has 1 aliphatic heterocycles. The molecule has 0 amide bonds. The van der Waals surface area contributed by atoms with Crippen molar-refractivity contribution in [3.05, 3.63) is 0 Å². The predicted molar refractivity (Wildman–Crippen MR) is 65.0 cm³/mol. The molecule has 1 aliphatic carbocycles. The predicted octanol–water partition coefficient (Wildman–Crippen LogP) is 1.93. The van der Waals surface area contributed by atoms with Gasteiger partial charge in [-0.15, -0.1) is 0 Å². The first-order valence-electron chi connectivity index (χ1n) is 6.82. The Bertz CT molecular complexity index is 253. The summed E-state index contributed by atoms with van der Waals surface area (Å²) in [6, 6.07) is 0.381. The molecule has 2 N–H and O–H groups in total. The Balaban J connectivity index is 1.98. The lowest BCUT2D eigenvalue weighted by molar-refractivity contribution is -0.149. The van der Waals surface area contributed by atoms with E-state index in [4.69, 9.17) is 4.74 Å². The van der Waals surface area contributed by atoms with Gasteiger partial charge in [-0.2, -0.15) is 0 Å². The van der Waals surface area contributed by atoms with Crippen LogP contribution in [0, 0.1) is 0 Å². The topological polar surface area (TPSA) is 58.6 Å². The van der Waals surface area contributed by atoms with Gasteiger partial charge in [0, 0.05) is 19.3 Å². The molecule has 4 heteroatoms. The Morgan fingerprint density at radius 1 is 1.12 bits per heavy atom. The first kappa shape index (κ1) is 12.8. The zero-order chi connectivity index (χ0) is 12.1. The van der Waals surface area contributed by atoms with Crippen LogP contribution in [0.5, 0.6) is 0 Å². The highest BCUT2D eigenvalue weighted by atomic mass is 16.5. The Morgan fingerprint density at radius 2 is 1.71 bits per heavy atom. The number of carboxylic acid groups (broad SMARTS) is 1. The molecule has 0 bridgehead atoms. The van der Waals surface area contributed by atoms with Gasteiger partial charge in [0.15, 0.2) is 0 Å². The molecule has 0 spiro atoms. The van der Waals surface area contributed by atoms with E-state index in [9.17, 15) is 9.90 Å². The van der Waals surface area contributed by atoms with Crippen molar-refractivity contribution >= 4 is 5.97 Å². The third-order valence-corrected chi connectivity index (χ3v) is 4.09. The molecule has 2 fully saturated rings. The summed E-state index contributed by atoms with van der Waals surface area (Å²) in [6.45, 7) is 1.12. The second kappa shape index (κ2) is 5.83. The minimum absolute atomic E-state index is 0.381. The smallest absolute Gasteiger partial charge is 0.324 e. The summed E-state index contributed by atoms with van der Waals surface area (Å²) in [7, 11) is 0. The van der Waals surface area contributed by atoms with Crippen LogP contribution in [0.4, 0.5) is 0 Å². The van der Waals surface area contributed by atoms with Crippen molar-refractivity contribution in [2.45, 2.75) is 62.9 Å². The molecule has 2 aliphatic rings. The zero-order valence-electron chi connectivity index (χ0n) is 10.4. The summed E-state index contributed by atoms with van der Waals surface area (Å²) < 4.78 is 5.29. The Morgan fingerprint density at radius 3 is 2.24 bits per heavy atom. The van der Waals surface area contributed by atoms with Crippen LogP contribution in [0.25, 0.3) is 0 Å². The highest BCUT2D eigenvalue weighted by Gasteiger charge is 2.41. The molecule has 0 radical (unpaired) electrons. The highest BCUT2D eigenvalue weighted by molar-refractivity contribution is 5.79. The van der Waals surface area contributed by atoms with Crippen molar-refractivity contribution in [2.24, 2.45) is 0 Å². The summed E-state index contributed by atoms with van der Waals surface area (Å²) in [4.78, 5) is 11.5. The number of nitrogens with one attached hydrogen (secondary N) is 1. The molecule has 0 aromatic heterocycles. The monoisotopic (exact) mass is 241 g/mol. The molecule has 0 aromatic carbocycles. The van der Waals surface area contributed by atoms with Crippen molar-refractivity contribution < 1.29 is 14.6 Å². The third kappa shape index (κ3) is 3.19. The molecule has 1 heterocycles. The van der Waals surface area contributed by atoms with Crippen LogP contribution in [0.2, 0.25) is 0 Å². The van der Waals surface area contributed by atoms with Crippen LogP contribution in [0.15, 0.2) is 0 Å². The van der Waals surface area contributed by atoms with Gasteiger partial charge in [-0.25, -0.2) is 0 Å². The number of aliphatic carboxylic acids is 1. The summed E-state index contributed by atoms with van der Waals surface area (Å²) in [6.07, 6.45) is 8.47. The van der Waals surface area contributed by atoms with E-state index in [-0.39, 0.29) is 0 Å². The molecular weight excluding hydrogens is 218 g/mol. The molecule has 4 nitrogen and oxygen atoms in total. The van der Waals surface area contributed by atoms with Gasteiger partial charge < -0.3 is 9.84 Å². The van der Waals surface area contributed by atoms with Crippen LogP contribution in [0.3, 0.4) is 0 Å². The minimum Gasteiger partial charge on any atom is -0.480 e. The molecule has 1 saturated heterocycles. The van der Waals surface area contributed by atoms with Gasteiger partial charge in [-0.05, 0) is 25.7 Å². The average Bonchev–Trinajstić information content (AvgIpc) is 2.59. The van der Waals surface area contributed by atoms with Gasteiger partial charge in [-0.3, -0.25) is 10.1 Å². The summed E-state index contributed by atoms with van der Waals surface area (Å²) in [5.74, 6) is -0.704. The van der Waals surface area contributed by atoms with Crippen LogP contribution in [-0.2, 0) is 9.53 Å². The van der Waals surface area contributed by atoms with Gasteiger partial charge in [0.25, 0.3) is 0 Å². The summed E-state index contributed by atoms with van der Waals surface area (Å²) >= 11 is 0. The zero-order valence-corrected chi connectivity index (χ0v) is 10.4. The van der Waals surface area contributed by atoms with Crippen LogP contribution < -0.4 is 5.32 Å². The van der Waals surface area contributed by atoms with Gasteiger partial charge in [0.1, 0.15) is 5.54 Å². The van der Waals surface area contributed by atoms with Crippen molar-refractivity contribution in [3.8, 4) is 0 Å². The Hall–Kier alpha value is -0.610. The first-order chi connectivity index (χ1) is 8.23. The summed E-state index contributed by atoms with van der Waals surface area (Å²) in [5, 5.41) is 12.9. The van der Waals surface area contributed by atoms with E-state index in [1.54, 1.807) is 0 Å². The first-order valence-corrected chi connectivity index (χ1v) is 6.82. The van der Waals surface area contributed by atoms with Crippen LogP contribution >= 0.6 is 0 Å². The van der Waals surface area contributed by atoms with E-state index in [0.29, 0.717) is 32.1 Å². The van der Waals surface area contributed by atoms with E-state index in [1.165, 1.54) is 25.7 Å². The molecule has 0 aromatic rings. The third-order valence-electron chi connectivity index (χ3n) is 4.09. The fourth-order valence-electron chi connectivity index (χ4n) is 2.95. The van der Waals surface area contributed by atoms with Crippen molar-refractivity contribution in [1.82, 2.24) is 5.32 Å². The highest BCUT2D eigenvalue weighted by Crippen LogP contribution is 2.25. The molecule has 17 heavy (non-hydrogen) atoms. The summed E-state index contributed by atoms with van der Waals surface area (Å²) in [5.41, 5.74) is -0.729. The molecular formula is C13H23NO3. The van der Waals surface area contributed by atoms with Gasteiger partial charge in [-0.1, -0.05) is 25.7 Å².